The molecule has 1 aliphatic rings. The predicted octanol–water partition coefficient (Wildman–Crippen LogP) is 3.14. The Kier molecular flexibility index (Phi) is 4.73. The first-order chi connectivity index (χ1) is 8.78. The summed E-state index contributed by atoms with van der Waals surface area (Å²) in [6, 6.07) is 6.04. The lowest BCUT2D eigenvalue weighted by molar-refractivity contribution is -0.150. The normalized spacial score (nSPS) is 23.6. The van der Waals surface area contributed by atoms with Crippen LogP contribution in [-0.2, 0) is 16.0 Å². The van der Waals surface area contributed by atoms with Gasteiger partial charge in [0.2, 0.25) is 0 Å². The van der Waals surface area contributed by atoms with E-state index in [1.807, 2.05) is 25.3 Å². The van der Waals surface area contributed by atoms with E-state index >= 15 is 0 Å². The summed E-state index contributed by atoms with van der Waals surface area (Å²) in [5.41, 5.74) is 1.14. The lowest BCUT2D eigenvalue weighted by atomic mass is 9.84. The van der Waals surface area contributed by atoms with Crippen LogP contribution in [0.3, 0.4) is 0 Å². The van der Waals surface area contributed by atoms with E-state index in [1.54, 1.807) is 0 Å². The average Bonchev–Trinajstić information content (AvgIpc) is 2.40. The first-order valence-electron chi connectivity index (χ1n) is 6.87. The minimum absolute atomic E-state index is 0.0708. The van der Waals surface area contributed by atoms with Gasteiger partial charge in [-0.1, -0.05) is 13.0 Å². The lowest BCUT2D eigenvalue weighted by Gasteiger charge is -2.28. The molecule has 0 aliphatic heterocycles. The molecule has 1 saturated carbocycles. The molecule has 2 unspecified atom stereocenters. The molecule has 0 amide bonds. The van der Waals surface area contributed by atoms with Crippen LogP contribution >= 0.6 is 0 Å². The van der Waals surface area contributed by atoms with Gasteiger partial charge in [-0.3, -0.25) is 9.78 Å². The molecule has 1 aromatic rings. The molecule has 18 heavy (non-hydrogen) atoms. The smallest absolute Gasteiger partial charge is 0.305 e. The van der Waals surface area contributed by atoms with Crippen LogP contribution < -0.4 is 0 Å². The second-order valence-corrected chi connectivity index (χ2v) is 5.02. The Bertz CT molecular complexity index is 377. The van der Waals surface area contributed by atoms with Crippen molar-refractivity contribution < 1.29 is 9.53 Å². The zero-order chi connectivity index (χ0) is 12.8. The highest BCUT2D eigenvalue weighted by Crippen LogP contribution is 2.28. The number of pyridine rings is 1. The van der Waals surface area contributed by atoms with Crippen LogP contribution in [-0.4, -0.2) is 17.1 Å². The number of nitrogens with zero attached hydrogens (tertiary/aromatic N) is 1. The maximum Gasteiger partial charge on any atom is 0.305 e. The molecule has 3 nitrogen and oxygen atoms in total. The van der Waals surface area contributed by atoms with E-state index in [9.17, 15) is 4.79 Å². The Morgan fingerprint density at radius 2 is 2.33 bits per heavy atom. The molecule has 2 atom stereocenters. The Hall–Kier alpha value is -1.38. The summed E-state index contributed by atoms with van der Waals surface area (Å²) in [7, 11) is 0. The van der Waals surface area contributed by atoms with Crippen molar-refractivity contribution in [1.82, 2.24) is 4.98 Å². The largest absolute Gasteiger partial charge is 0.462 e. The fourth-order valence-corrected chi connectivity index (χ4v) is 2.62. The van der Waals surface area contributed by atoms with E-state index in [2.05, 4.69) is 11.1 Å². The number of hydrogen-bond acceptors (Lipinski definition) is 3. The molecule has 0 saturated heterocycles. The zero-order valence-corrected chi connectivity index (χ0v) is 11.0. The second kappa shape index (κ2) is 6.53. The van der Waals surface area contributed by atoms with Gasteiger partial charge >= 0.3 is 5.97 Å². The number of carbonyl (C=O) groups is 1. The van der Waals surface area contributed by atoms with Gasteiger partial charge in [0.15, 0.2) is 0 Å². The molecule has 2 rings (SSSR count). The molecule has 98 valence electrons. The Balaban J connectivity index is 1.85. The highest BCUT2D eigenvalue weighted by molar-refractivity contribution is 5.69. The number of hydrogen-bond donors (Lipinski definition) is 0. The first-order valence-corrected chi connectivity index (χ1v) is 6.87. The summed E-state index contributed by atoms with van der Waals surface area (Å²) in [6.45, 7) is 1.84. The van der Waals surface area contributed by atoms with Crippen molar-refractivity contribution >= 4 is 5.97 Å². The molecule has 0 bridgehead atoms. The number of aromatic nitrogens is 1. The van der Waals surface area contributed by atoms with E-state index in [-0.39, 0.29) is 12.1 Å². The van der Waals surface area contributed by atoms with Crippen molar-refractivity contribution in [3.8, 4) is 0 Å². The molecule has 0 N–H and O–H groups in total. The average molecular weight is 247 g/mol. The SMILES string of the molecule is CCC(=O)OC1CCCC(Cc2ccccn2)C1. The molecule has 1 aliphatic carbocycles. The number of esters is 1. The highest BCUT2D eigenvalue weighted by Gasteiger charge is 2.24. The zero-order valence-electron chi connectivity index (χ0n) is 11.0. The van der Waals surface area contributed by atoms with Crippen molar-refractivity contribution in [2.24, 2.45) is 5.92 Å². The standard InChI is InChI=1S/C15H21NO2/c1-2-15(17)18-14-8-5-6-12(11-14)10-13-7-3-4-9-16-13/h3-4,7,9,12,14H,2,5-6,8,10-11H2,1H3. The lowest BCUT2D eigenvalue weighted by Crippen LogP contribution is -2.26. The van der Waals surface area contributed by atoms with Crippen LogP contribution in [0.5, 0.6) is 0 Å². The molecule has 0 radical (unpaired) electrons. The van der Waals surface area contributed by atoms with Crippen LogP contribution in [0.4, 0.5) is 0 Å². The van der Waals surface area contributed by atoms with Crippen LogP contribution in [0.25, 0.3) is 0 Å². The molecular weight excluding hydrogens is 226 g/mol. The first kappa shape index (κ1) is 13.1. The van der Waals surface area contributed by atoms with Gasteiger partial charge < -0.3 is 4.74 Å². The minimum Gasteiger partial charge on any atom is -0.462 e. The summed E-state index contributed by atoms with van der Waals surface area (Å²) in [5.74, 6) is 0.529. The Morgan fingerprint density at radius 1 is 1.44 bits per heavy atom. The molecule has 1 fully saturated rings. The monoisotopic (exact) mass is 247 g/mol. The highest BCUT2D eigenvalue weighted by atomic mass is 16.5. The van der Waals surface area contributed by atoms with Gasteiger partial charge in [0.25, 0.3) is 0 Å². The minimum atomic E-state index is -0.0708. The third-order valence-corrected chi connectivity index (χ3v) is 3.55. The van der Waals surface area contributed by atoms with Gasteiger partial charge in [0, 0.05) is 18.3 Å². The van der Waals surface area contributed by atoms with E-state index in [1.165, 1.54) is 6.42 Å². The van der Waals surface area contributed by atoms with Crippen molar-refractivity contribution in [3.05, 3.63) is 30.1 Å². The fourth-order valence-electron chi connectivity index (χ4n) is 2.62. The van der Waals surface area contributed by atoms with Crippen LogP contribution in [0.15, 0.2) is 24.4 Å². The van der Waals surface area contributed by atoms with Crippen molar-refractivity contribution in [2.75, 3.05) is 0 Å². The maximum absolute atomic E-state index is 11.3. The van der Waals surface area contributed by atoms with Crippen molar-refractivity contribution in [1.29, 1.82) is 0 Å². The van der Waals surface area contributed by atoms with Crippen LogP contribution in [0, 0.1) is 5.92 Å². The van der Waals surface area contributed by atoms with Gasteiger partial charge in [0.05, 0.1) is 0 Å². The molecule has 1 heterocycles. The van der Waals surface area contributed by atoms with Gasteiger partial charge in [-0.15, -0.1) is 0 Å². The molecule has 0 aromatic carbocycles. The predicted molar refractivity (Wildman–Crippen MR) is 70.1 cm³/mol. The van der Waals surface area contributed by atoms with E-state index < -0.39 is 0 Å². The third kappa shape index (κ3) is 3.83. The van der Waals surface area contributed by atoms with E-state index in [4.69, 9.17) is 4.74 Å². The van der Waals surface area contributed by atoms with Gasteiger partial charge in [0.1, 0.15) is 6.10 Å². The molecular formula is C15H21NO2. The fraction of sp³-hybridized carbons (Fsp3) is 0.600. The Morgan fingerprint density at radius 3 is 3.06 bits per heavy atom. The summed E-state index contributed by atoms with van der Waals surface area (Å²) in [4.78, 5) is 15.7. The molecule has 0 spiro atoms. The Labute approximate surface area is 109 Å². The maximum atomic E-state index is 11.3. The number of ether oxygens (including phenoxy) is 1. The number of carbonyl (C=O) groups excluding carboxylic acids is 1. The van der Waals surface area contributed by atoms with Crippen molar-refractivity contribution in [3.63, 3.8) is 0 Å². The summed E-state index contributed by atoms with van der Waals surface area (Å²) >= 11 is 0. The van der Waals surface area contributed by atoms with E-state index in [0.29, 0.717) is 12.3 Å². The van der Waals surface area contributed by atoms with Gasteiger partial charge in [-0.05, 0) is 50.2 Å². The topological polar surface area (TPSA) is 39.2 Å². The summed E-state index contributed by atoms with van der Waals surface area (Å²) < 4.78 is 5.45. The third-order valence-electron chi connectivity index (χ3n) is 3.55. The summed E-state index contributed by atoms with van der Waals surface area (Å²) in [5, 5.41) is 0. The van der Waals surface area contributed by atoms with Crippen LogP contribution in [0.1, 0.15) is 44.7 Å². The van der Waals surface area contributed by atoms with Gasteiger partial charge in [-0.25, -0.2) is 0 Å². The summed E-state index contributed by atoms with van der Waals surface area (Å²) in [6.07, 6.45) is 7.82. The quantitative estimate of drug-likeness (QED) is 0.767. The number of rotatable bonds is 4. The van der Waals surface area contributed by atoms with Crippen LogP contribution in [0.2, 0.25) is 0 Å². The van der Waals surface area contributed by atoms with Gasteiger partial charge in [-0.2, -0.15) is 0 Å². The molecule has 3 heteroatoms. The van der Waals surface area contributed by atoms with E-state index in [0.717, 1.165) is 31.4 Å². The van der Waals surface area contributed by atoms with Crippen molar-refractivity contribution in [2.45, 2.75) is 51.6 Å². The second-order valence-electron chi connectivity index (χ2n) is 5.02. The molecule has 1 aromatic heterocycles.